The van der Waals surface area contributed by atoms with Crippen LogP contribution in [-0.2, 0) is 10.7 Å². The Kier molecular flexibility index (Phi) is 9.59. The van der Waals surface area contributed by atoms with Crippen LogP contribution >= 0.6 is 15.1 Å². The predicted octanol–water partition coefficient (Wildman–Crippen LogP) is 5.64. The van der Waals surface area contributed by atoms with Gasteiger partial charge in [-0.05, 0) is 0 Å². The van der Waals surface area contributed by atoms with Crippen LogP contribution in [0.25, 0.3) is 0 Å². The van der Waals surface area contributed by atoms with Crippen molar-refractivity contribution in [3.8, 4) is 0 Å². The predicted molar refractivity (Wildman–Crippen MR) is 85.6 cm³/mol. The van der Waals surface area contributed by atoms with E-state index in [9.17, 15) is 57.3 Å². The summed E-state index contributed by atoms with van der Waals surface area (Å²) in [5.41, 5.74) is -10.2. The third-order valence-corrected chi connectivity index (χ3v) is 8.16. The maximum atomic E-state index is 13.3. The molecule has 0 amide bonds. The van der Waals surface area contributed by atoms with Crippen LogP contribution in [0, 0.1) is 0 Å². The molecular weight excluding hydrogens is 601 g/mol. The summed E-state index contributed by atoms with van der Waals surface area (Å²) in [4.78, 5) is 0. The summed E-state index contributed by atoms with van der Waals surface area (Å²) >= 11 is -4.57. The number of alkyl halides is 12. The van der Waals surface area contributed by atoms with Crippen molar-refractivity contribution < 1.29 is 63.4 Å². The molecule has 0 saturated heterocycles. The van der Waals surface area contributed by atoms with Crippen molar-refractivity contribution in [2.45, 2.75) is 35.9 Å². The molecule has 0 spiro atoms. The second-order valence-corrected chi connectivity index (χ2v) is 14.5. The number of hydrogen-bond donors (Lipinski definition) is 0. The van der Waals surface area contributed by atoms with Crippen LogP contribution < -0.4 is 0 Å². The van der Waals surface area contributed by atoms with Crippen molar-refractivity contribution in [2.24, 2.45) is 0 Å². The minimum absolute atomic E-state index is 0.533. The molecule has 0 fully saturated rings. The summed E-state index contributed by atoms with van der Waals surface area (Å²) < 4.78 is 178. The molecular formula is C12H16F12O3P2Sn. The normalized spacial score (nSPS) is 15.8. The van der Waals surface area contributed by atoms with Crippen LogP contribution in [0.3, 0.4) is 0 Å². The van der Waals surface area contributed by atoms with Crippen LogP contribution in [0.4, 0.5) is 52.7 Å². The number of hydrogen-bond acceptors (Lipinski definition) is 3. The fourth-order valence-corrected chi connectivity index (χ4v) is 8.29. The van der Waals surface area contributed by atoms with Gasteiger partial charge in [-0.2, -0.15) is 0 Å². The molecule has 3 nitrogen and oxygen atoms in total. The van der Waals surface area contributed by atoms with E-state index in [1.54, 1.807) is 0 Å². The maximum absolute atomic E-state index is 13.3. The third-order valence-electron chi connectivity index (χ3n) is 3.41. The van der Waals surface area contributed by atoms with E-state index in [0.717, 1.165) is 13.3 Å². The van der Waals surface area contributed by atoms with Crippen LogP contribution in [0.2, 0.25) is 0 Å². The Hall–Kier alpha value is 0.539. The monoisotopic (exact) mass is 618 g/mol. The Morgan fingerprint density at radius 2 is 1.00 bits per heavy atom. The molecule has 0 saturated carbocycles. The van der Waals surface area contributed by atoms with E-state index >= 15 is 0 Å². The number of halogens is 12. The van der Waals surface area contributed by atoms with Gasteiger partial charge in [-0.3, -0.25) is 0 Å². The van der Waals surface area contributed by atoms with Crippen molar-refractivity contribution in [3.63, 3.8) is 0 Å². The van der Waals surface area contributed by atoms with E-state index in [4.69, 9.17) is 0 Å². The molecule has 0 N–H and O–H groups in total. The fraction of sp³-hybridized carbons (Fsp3) is 1.00. The van der Waals surface area contributed by atoms with Gasteiger partial charge in [-0.15, -0.1) is 0 Å². The molecule has 0 aliphatic heterocycles. The van der Waals surface area contributed by atoms with Gasteiger partial charge in [-0.25, -0.2) is 0 Å². The van der Waals surface area contributed by atoms with E-state index < -0.39 is 85.3 Å². The zero-order chi connectivity index (χ0) is 24.6. The summed E-state index contributed by atoms with van der Waals surface area (Å²) in [7, 11) is -6.19. The standard InChI is InChI=1S/C6H8F6O2P.C6H8F6OP.Sn/c1-15(2,14)3-4(13,5(7,8)9)6(10,11)12;1-14(2)3-4(13,5(7,8)9)6(10,11)12;/h3H2,1-2H3;3H2,1-2H3;/q2*-1;+2. The molecule has 0 aromatic rings. The van der Waals surface area contributed by atoms with E-state index in [1.807, 2.05) is 0 Å². The van der Waals surface area contributed by atoms with Gasteiger partial charge < -0.3 is 0 Å². The summed E-state index contributed by atoms with van der Waals surface area (Å²) in [6.07, 6.45) is -29.0. The van der Waals surface area contributed by atoms with Crippen LogP contribution in [0.5, 0.6) is 0 Å². The molecule has 0 atom stereocenters. The zero-order valence-corrected chi connectivity index (χ0v) is 20.2. The molecule has 0 bridgehead atoms. The summed E-state index contributed by atoms with van der Waals surface area (Å²) in [5, 5.41) is 0. The Labute approximate surface area is 175 Å². The van der Waals surface area contributed by atoms with Gasteiger partial charge in [0.25, 0.3) is 0 Å². The summed E-state index contributed by atoms with van der Waals surface area (Å²) in [5.74, 6) is 0. The van der Waals surface area contributed by atoms with Gasteiger partial charge in [-0.1, -0.05) is 0 Å². The van der Waals surface area contributed by atoms with E-state index in [0.29, 0.717) is 13.3 Å². The van der Waals surface area contributed by atoms with Gasteiger partial charge in [0, 0.05) is 0 Å². The minimum atomic E-state index is -6.33. The van der Waals surface area contributed by atoms with Gasteiger partial charge in [0.05, 0.1) is 0 Å². The Morgan fingerprint density at radius 3 is 1.23 bits per heavy atom. The molecule has 0 aromatic heterocycles. The SMILES string of the molecule is CP(C)CC([O][Sn][O]C(CP(C)(C)=O)(C(F)(F)F)C(F)(F)F)(C(F)(F)F)C(F)(F)F. The molecule has 30 heavy (non-hydrogen) atoms. The zero-order valence-electron chi connectivity index (χ0n) is 15.6. The Morgan fingerprint density at radius 1 is 0.700 bits per heavy atom. The molecule has 18 heteroatoms. The molecule has 0 aliphatic rings. The summed E-state index contributed by atoms with van der Waals surface area (Å²) in [6, 6.07) is 0. The van der Waals surface area contributed by atoms with Gasteiger partial charge in [0.1, 0.15) is 0 Å². The van der Waals surface area contributed by atoms with E-state index in [1.165, 1.54) is 0 Å². The van der Waals surface area contributed by atoms with E-state index in [-0.39, 0.29) is 0 Å². The van der Waals surface area contributed by atoms with Crippen LogP contribution in [0.15, 0.2) is 0 Å². The first-order valence-corrected chi connectivity index (χ1v) is 14.9. The van der Waals surface area contributed by atoms with Gasteiger partial charge >= 0.3 is 175 Å². The Balaban J connectivity index is 6.28. The van der Waals surface area contributed by atoms with Crippen molar-refractivity contribution in [2.75, 3.05) is 39.0 Å². The third kappa shape index (κ3) is 7.02. The first-order valence-electron chi connectivity index (χ1n) is 7.40. The first kappa shape index (κ1) is 30.5. The fourth-order valence-electron chi connectivity index (χ4n) is 2.12. The van der Waals surface area contributed by atoms with Crippen molar-refractivity contribution in [1.82, 2.24) is 0 Å². The first-order chi connectivity index (χ1) is 12.8. The Bertz CT molecular complexity index is 592. The molecule has 0 heterocycles. The number of rotatable bonds is 8. The van der Waals surface area contributed by atoms with Gasteiger partial charge in [0.2, 0.25) is 0 Å². The van der Waals surface area contributed by atoms with Crippen LogP contribution in [-0.4, -0.2) is 96.9 Å². The molecule has 180 valence electrons. The molecule has 0 aliphatic carbocycles. The van der Waals surface area contributed by atoms with Crippen molar-refractivity contribution in [1.29, 1.82) is 0 Å². The topological polar surface area (TPSA) is 35.5 Å². The quantitative estimate of drug-likeness (QED) is 0.201. The molecule has 2 radical (unpaired) electrons. The molecule has 0 rings (SSSR count). The second-order valence-electron chi connectivity index (χ2n) is 6.90. The van der Waals surface area contributed by atoms with Crippen molar-refractivity contribution >= 4 is 37.0 Å². The average Bonchev–Trinajstić information content (AvgIpc) is 2.37. The van der Waals surface area contributed by atoms with Crippen LogP contribution in [0.1, 0.15) is 0 Å². The molecule has 0 unspecified atom stereocenters. The summed E-state index contributed by atoms with van der Waals surface area (Å²) in [6.45, 7) is 3.03. The van der Waals surface area contributed by atoms with E-state index in [2.05, 4.69) is 6.15 Å². The van der Waals surface area contributed by atoms with Gasteiger partial charge in [0.15, 0.2) is 0 Å². The average molecular weight is 617 g/mol. The van der Waals surface area contributed by atoms with Crippen molar-refractivity contribution in [3.05, 3.63) is 0 Å². The second kappa shape index (κ2) is 9.42. The molecule has 0 aromatic carbocycles.